The summed E-state index contributed by atoms with van der Waals surface area (Å²) in [6, 6.07) is 5.35. The van der Waals surface area contributed by atoms with Crippen molar-refractivity contribution >= 4 is 72.5 Å². The van der Waals surface area contributed by atoms with Crippen LogP contribution < -0.4 is 48.5 Å². The van der Waals surface area contributed by atoms with E-state index >= 15 is 0 Å². The third-order valence-corrected chi connectivity index (χ3v) is 10.9. The fourth-order valence-corrected chi connectivity index (χ4v) is 7.35. The molecule has 3 aromatic heterocycles. The van der Waals surface area contributed by atoms with Gasteiger partial charge in [-0.15, -0.1) is 0 Å². The van der Waals surface area contributed by atoms with Crippen LogP contribution in [0.5, 0.6) is 0 Å². The number of nitrogen functional groups attached to an aromatic ring is 2. The van der Waals surface area contributed by atoms with Gasteiger partial charge in [0.2, 0.25) is 18.3 Å². The molecular formula is C41H64FN14O14P. The molecule has 71 heavy (non-hydrogen) atoms. The number of phosphoric acid groups is 1. The number of amides is 2. The standard InChI is InChI=1S/C24H40FN8O12P.C14H14N6O.C2H6.CH4O/c1-11(15(22(39)40)30-14(36)7-29-24(2,3)6-12(8-34)28-10-35)45-46(41,42)43-9-13-17(37)18(38)21(44-13)33(5)20-16(27-4)19(26)31-23(25)32-20;1-8-2-4-9(5-3-8)16-6-10-7-17-12-11(18-10)13(21)20-14(15)19-12;2*1-2/h8,10-13,15,17-18,21,27,29,37-38H,6-7,9H2,1-5H3,(H,28,35)(H,30,36)(H,39,40)(H,41,42)(H2,26,31,32);2-5,7,16H,6H2,1H3,(H3,15,17,19,20,21);1-2H3;2H,1H3. The highest BCUT2D eigenvalue weighted by Crippen LogP contribution is 2.46. The SMILES string of the molecule is CC.CNc1c(N)nc(F)nc1N(C)C1OC(COP(=O)(O)OC(C)C(NC(=O)CNC(C)(C)CC(C=O)NC=O)C(=O)O)C(O)C1O.CO.Cc1ccc(NCc2cnc3nc(N)[nH]c(=O)c3n2)cc1. The van der Waals surface area contributed by atoms with E-state index in [0.717, 1.165) is 24.6 Å². The first-order valence-electron chi connectivity index (χ1n) is 21.6. The van der Waals surface area contributed by atoms with Gasteiger partial charge in [0.25, 0.3) is 5.56 Å². The largest absolute Gasteiger partial charge is 0.480 e. The molecule has 394 valence electrons. The molecular weight excluding hydrogens is 963 g/mol. The lowest BCUT2D eigenvalue weighted by Crippen LogP contribution is -2.53. The third-order valence-electron chi connectivity index (χ3n) is 9.86. The minimum absolute atomic E-state index is 0.0346. The smallest absolute Gasteiger partial charge is 0.472 e. The van der Waals surface area contributed by atoms with Crippen LogP contribution in [0.25, 0.3) is 11.2 Å². The number of nitrogens with one attached hydrogen (secondary N) is 6. The van der Waals surface area contributed by atoms with Gasteiger partial charge in [0.15, 0.2) is 35.1 Å². The molecule has 15 N–H and O–H groups in total. The van der Waals surface area contributed by atoms with E-state index in [4.69, 9.17) is 30.4 Å². The van der Waals surface area contributed by atoms with Crippen molar-refractivity contribution < 1.29 is 67.2 Å². The second-order valence-corrected chi connectivity index (χ2v) is 17.0. The Morgan fingerprint density at radius 1 is 1.08 bits per heavy atom. The summed E-state index contributed by atoms with van der Waals surface area (Å²) in [5.74, 6) is -2.79. The Kier molecular flexibility index (Phi) is 24.2. The molecule has 8 atom stereocenters. The van der Waals surface area contributed by atoms with Crippen molar-refractivity contribution in [1.29, 1.82) is 0 Å². The Labute approximate surface area is 407 Å². The van der Waals surface area contributed by atoms with Crippen molar-refractivity contribution in [2.45, 2.75) is 103 Å². The molecule has 0 radical (unpaired) electrons. The van der Waals surface area contributed by atoms with Crippen LogP contribution in [0.1, 0.15) is 52.3 Å². The summed E-state index contributed by atoms with van der Waals surface area (Å²) in [7, 11) is -1.26. The number of aryl methyl sites for hydroxylation is 1. The zero-order valence-corrected chi connectivity index (χ0v) is 41.4. The summed E-state index contributed by atoms with van der Waals surface area (Å²) in [5, 5.41) is 50.8. The molecule has 30 heteroatoms. The molecule has 1 aliphatic heterocycles. The normalized spacial score (nSPS) is 18.2. The van der Waals surface area contributed by atoms with E-state index in [2.05, 4.69) is 56.5 Å². The number of aromatic nitrogens is 6. The molecule has 5 rings (SSSR count). The Bertz CT molecular complexity index is 2480. The van der Waals surface area contributed by atoms with E-state index in [1.54, 1.807) is 20.0 Å². The van der Waals surface area contributed by atoms with Gasteiger partial charge < -0.3 is 77.8 Å². The number of H-pyrrole nitrogens is 1. The van der Waals surface area contributed by atoms with Crippen molar-refractivity contribution in [2.75, 3.05) is 61.4 Å². The maximum absolute atomic E-state index is 13.9. The number of benzene rings is 1. The molecule has 1 fully saturated rings. The van der Waals surface area contributed by atoms with Crippen molar-refractivity contribution in [3.63, 3.8) is 0 Å². The first-order chi connectivity index (χ1) is 33.5. The summed E-state index contributed by atoms with van der Waals surface area (Å²) in [4.78, 5) is 90.9. The number of hydrogen-bond donors (Lipinski definition) is 13. The number of hydrogen-bond acceptors (Lipinski definition) is 23. The second-order valence-electron chi connectivity index (χ2n) is 15.6. The van der Waals surface area contributed by atoms with Gasteiger partial charge in [-0.2, -0.15) is 19.3 Å². The molecule has 0 spiro atoms. The minimum atomic E-state index is -5.06. The van der Waals surface area contributed by atoms with Crippen molar-refractivity contribution in [1.82, 2.24) is 45.9 Å². The number of ether oxygens (including phenoxy) is 1. The number of aliphatic hydroxyl groups is 3. The Hall–Kier alpha value is -6.56. The first-order valence-corrected chi connectivity index (χ1v) is 23.1. The van der Waals surface area contributed by atoms with Gasteiger partial charge in [0.1, 0.15) is 30.3 Å². The number of likely N-dealkylation sites (N-methyl/N-ethyl adjacent to an activating group) is 1. The highest BCUT2D eigenvalue weighted by Gasteiger charge is 2.47. The number of anilines is 5. The molecule has 4 aromatic rings. The van der Waals surface area contributed by atoms with Crippen LogP contribution in [0.15, 0.2) is 35.3 Å². The molecule has 1 aromatic carbocycles. The topological polar surface area (TPSA) is 427 Å². The predicted molar refractivity (Wildman–Crippen MR) is 257 cm³/mol. The molecule has 2 amide bonds. The number of nitrogens with zero attached hydrogens (tertiary/aromatic N) is 6. The monoisotopic (exact) mass is 1030 g/mol. The van der Waals surface area contributed by atoms with E-state index < -0.39 is 87.2 Å². The second kappa shape index (κ2) is 28.3. The van der Waals surface area contributed by atoms with Crippen molar-refractivity contribution in [2.24, 2.45) is 0 Å². The van der Waals surface area contributed by atoms with Crippen LogP contribution in [0.4, 0.5) is 33.3 Å². The van der Waals surface area contributed by atoms with Gasteiger partial charge in [-0.3, -0.25) is 28.4 Å². The zero-order valence-electron chi connectivity index (χ0n) is 40.5. The van der Waals surface area contributed by atoms with Gasteiger partial charge in [-0.25, -0.2) is 19.3 Å². The van der Waals surface area contributed by atoms with Crippen LogP contribution >= 0.6 is 7.82 Å². The van der Waals surface area contributed by atoms with Crippen molar-refractivity contribution in [3.8, 4) is 0 Å². The maximum atomic E-state index is 13.9. The highest BCUT2D eigenvalue weighted by atomic mass is 31.2. The number of carboxylic acid groups (broad SMARTS) is 1. The lowest BCUT2D eigenvalue weighted by Gasteiger charge is -2.29. The molecule has 8 unspecified atom stereocenters. The number of carbonyl (C=O) groups excluding carboxylic acids is 3. The summed E-state index contributed by atoms with van der Waals surface area (Å²) < 4.78 is 41.9. The number of rotatable bonds is 22. The van der Waals surface area contributed by atoms with Gasteiger partial charge in [0, 0.05) is 32.4 Å². The molecule has 0 saturated carbocycles. The third kappa shape index (κ3) is 18.3. The van der Waals surface area contributed by atoms with Crippen LogP contribution in [-0.4, -0.2) is 162 Å². The number of carbonyl (C=O) groups is 4. The molecule has 1 saturated heterocycles. The van der Waals surface area contributed by atoms with E-state index in [-0.39, 0.29) is 46.4 Å². The number of aromatic amines is 1. The van der Waals surface area contributed by atoms with Gasteiger partial charge in [-0.05, 0) is 46.2 Å². The lowest BCUT2D eigenvalue weighted by atomic mass is 9.95. The van der Waals surface area contributed by atoms with Crippen LogP contribution in [0.3, 0.4) is 0 Å². The predicted octanol–water partition coefficient (Wildman–Crippen LogP) is -0.864. The van der Waals surface area contributed by atoms with Crippen LogP contribution in [0, 0.1) is 13.0 Å². The Morgan fingerprint density at radius 3 is 2.32 bits per heavy atom. The van der Waals surface area contributed by atoms with E-state index in [9.17, 15) is 53.1 Å². The number of aliphatic hydroxyl groups excluding tert-OH is 3. The van der Waals surface area contributed by atoms with E-state index in [0.29, 0.717) is 24.9 Å². The van der Waals surface area contributed by atoms with Gasteiger partial charge >= 0.3 is 19.9 Å². The minimum Gasteiger partial charge on any atom is -0.480 e. The van der Waals surface area contributed by atoms with Gasteiger partial charge in [-0.1, -0.05) is 31.5 Å². The quantitative estimate of drug-likeness (QED) is 0.0259. The fraction of sp³-hybridized carbons (Fsp3) is 0.512. The lowest BCUT2D eigenvalue weighted by molar-refractivity contribution is -0.144. The van der Waals surface area contributed by atoms with Crippen LogP contribution in [0.2, 0.25) is 0 Å². The Balaban J connectivity index is 0.000000569. The molecule has 4 heterocycles. The summed E-state index contributed by atoms with van der Waals surface area (Å²) in [6.45, 7) is 9.61. The molecule has 1 aliphatic rings. The fourth-order valence-electron chi connectivity index (χ4n) is 6.41. The molecule has 0 aliphatic carbocycles. The first kappa shape index (κ1) is 60.6. The number of phosphoric ester groups is 1. The van der Waals surface area contributed by atoms with E-state index in [1.165, 1.54) is 19.7 Å². The van der Waals surface area contributed by atoms with E-state index in [1.807, 2.05) is 45.0 Å². The van der Waals surface area contributed by atoms with Gasteiger partial charge in [0.05, 0.1) is 43.7 Å². The summed E-state index contributed by atoms with van der Waals surface area (Å²) in [6.07, 6.45) is -6.35. The number of aliphatic carboxylic acids is 1. The summed E-state index contributed by atoms with van der Waals surface area (Å²) in [5.41, 5.74) is 13.3. The number of carboxylic acids is 1. The number of aldehydes is 1. The number of halogens is 1. The Morgan fingerprint density at radius 2 is 1.73 bits per heavy atom. The number of fused-ring (bicyclic) bond motifs is 1. The number of nitrogens with two attached hydrogens (primary N) is 2. The summed E-state index contributed by atoms with van der Waals surface area (Å²) >= 11 is 0. The molecule has 28 nitrogen and oxygen atoms in total. The van der Waals surface area contributed by atoms with Crippen LogP contribution in [-0.2, 0) is 44.1 Å². The average molecular weight is 1030 g/mol. The molecule has 0 bridgehead atoms. The average Bonchev–Trinajstić information content (AvgIpc) is 3.61. The maximum Gasteiger partial charge on any atom is 0.472 e. The van der Waals surface area contributed by atoms with Crippen molar-refractivity contribution in [3.05, 3.63) is 58.2 Å². The highest BCUT2D eigenvalue weighted by molar-refractivity contribution is 7.47. The zero-order chi connectivity index (χ0) is 53.8.